The second kappa shape index (κ2) is 5.69. The highest BCUT2D eigenvalue weighted by atomic mass is 32.2. The largest absolute Gasteiger partial charge is 0.228 e. The van der Waals surface area contributed by atoms with Gasteiger partial charge in [0.15, 0.2) is 9.84 Å². The van der Waals surface area contributed by atoms with E-state index in [0.29, 0.717) is 0 Å². The fourth-order valence-electron chi connectivity index (χ4n) is 2.02. The van der Waals surface area contributed by atoms with Crippen LogP contribution in [0.1, 0.15) is 52.4 Å². The van der Waals surface area contributed by atoms with Crippen LogP contribution in [0.3, 0.4) is 0 Å². The fraction of sp³-hybridized carbons (Fsp3) is 0.833. The van der Waals surface area contributed by atoms with Crippen molar-refractivity contribution in [3.63, 3.8) is 0 Å². The molecule has 2 atom stereocenters. The minimum Gasteiger partial charge on any atom is -0.228 e. The first-order valence-corrected chi connectivity index (χ1v) is 7.64. The third-order valence-corrected chi connectivity index (χ3v) is 5.54. The van der Waals surface area contributed by atoms with Crippen molar-refractivity contribution in [2.24, 2.45) is 0 Å². The van der Waals surface area contributed by atoms with E-state index in [2.05, 4.69) is 13.8 Å². The number of sulfone groups is 1. The first kappa shape index (κ1) is 12.8. The molecule has 0 amide bonds. The number of hydrogen-bond donors (Lipinski definition) is 0. The maximum Gasteiger partial charge on any atom is 0.163 e. The fourth-order valence-corrected chi connectivity index (χ4v) is 4.08. The summed E-state index contributed by atoms with van der Waals surface area (Å²) in [6, 6.07) is 0. The van der Waals surface area contributed by atoms with Gasteiger partial charge in [0, 0.05) is 0 Å². The lowest BCUT2D eigenvalue weighted by Crippen LogP contribution is -2.24. The van der Waals surface area contributed by atoms with Gasteiger partial charge in [-0.3, -0.25) is 0 Å². The second-order valence-electron chi connectivity index (χ2n) is 4.34. The van der Waals surface area contributed by atoms with Crippen LogP contribution in [0.25, 0.3) is 0 Å². The van der Waals surface area contributed by atoms with Crippen LogP contribution in [0.2, 0.25) is 0 Å². The summed E-state index contributed by atoms with van der Waals surface area (Å²) in [5.74, 6) is 0. The van der Waals surface area contributed by atoms with Crippen LogP contribution in [0.4, 0.5) is 0 Å². The van der Waals surface area contributed by atoms with Gasteiger partial charge in [0.05, 0.1) is 10.5 Å². The van der Waals surface area contributed by atoms with Crippen LogP contribution in [-0.2, 0) is 9.84 Å². The predicted molar refractivity (Wildman–Crippen MR) is 64.7 cm³/mol. The molecule has 1 heterocycles. The molecule has 2 nitrogen and oxygen atoms in total. The number of hydrogen-bond acceptors (Lipinski definition) is 2. The molecular weight excluding hydrogens is 208 g/mol. The van der Waals surface area contributed by atoms with Gasteiger partial charge < -0.3 is 0 Å². The minimum absolute atomic E-state index is 0.195. The summed E-state index contributed by atoms with van der Waals surface area (Å²) in [6.45, 7) is 4.19. The maximum atomic E-state index is 12.0. The Labute approximate surface area is 93.7 Å². The average Bonchev–Trinajstić information content (AvgIpc) is 2.48. The zero-order chi connectivity index (χ0) is 11.3. The van der Waals surface area contributed by atoms with Crippen molar-refractivity contribution in [1.82, 2.24) is 0 Å². The lowest BCUT2D eigenvalue weighted by atomic mass is 10.1. The molecule has 0 N–H and O–H groups in total. The SMILES string of the molecule is CCCC[C@@H]1C=C[C@@H](CCCC)S1(=O)=O. The van der Waals surface area contributed by atoms with Gasteiger partial charge >= 0.3 is 0 Å². The van der Waals surface area contributed by atoms with Gasteiger partial charge in [-0.15, -0.1) is 0 Å². The zero-order valence-electron chi connectivity index (χ0n) is 9.78. The Kier molecular flexibility index (Phi) is 4.84. The molecule has 0 bridgehead atoms. The molecule has 0 radical (unpaired) electrons. The molecule has 0 saturated heterocycles. The smallest absolute Gasteiger partial charge is 0.163 e. The molecule has 0 aliphatic carbocycles. The molecule has 15 heavy (non-hydrogen) atoms. The van der Waals surface area contributed by atoms with E-state index in [1.165, 1.54) is 0 Å². The molecule has 0 unspecified atom stereocenters. The Morgan fingerprint density at radius 3 is 1.67 bits per heavy atom. The van der Waals surface area contributed by atoms with Crippen LogP contribution >= 0.6 is 0 Å². The van der Waals surface area contributed by atoms with Crippen molar-refractivity contribution in [2.45, 2.75) is 62.9 Å². The second-order valence-corrected chi connectivity index (χ2v) is 6.72. The molecule has 0 aromatic heterocycles. The summed E-state index contributed by atoms with van der Waals surface area (Å²) in [5, 5.41) is -0.390. The monoisotopic (exact) mass is 230 g/mol. The molecule has 0 spiro atoms. The summed E-state index contributed by atoms with van der Waals surface area (Å²) < 4.78 is 24.1. The van der Waals surface area contributed by atoms with Gasteiger partial charge in [0.1, 0.15) is 0 Å². The lowest BCUT2D eigenvalue weighted by molar-refractivity contribution is 0.570. The highest BCUT2D eigenvalue weighted by Gasteiger charge is 2.34. The van der Waals surface area contributed by atoms with E-state index in [4.69, 9.17) is 0 Å². The highest BCUT2D eigenvalue weighted by Crippen LogP contribution is 2.27. The zero-order valence-corrected chi connectivity index (χ0v) is 10.6. The first-order chi connectivity index (χ1) is 7.12. The van der Waals surface area contributed by atoms with Gasteiger partial charge in [-0.25, -0.2) is 8.42 Å². The molecule has 1 rings (SSSR count). The van der Waals surface area contributed by atoms with Crippen LogP contribution in [-0.4, -0.2) is 18.9 Å². The molecular formula is C12H22O2S. The third kappa shape index (κ3) is 3.07. The topological polar surface area (TPSA) is 34.1 Å². The van der Waals surface area contributed by atoms with Crippen LogP contribution < -0.4 is 0 Å². The number of unbranched alkanes of at least 4 members (excludes halogenated alkanes) is 2. The molecule has 3 heteroatoms. The standard InChI is InChI=1S/C12H22O2S/c1-3-5-7-11-9-10-12(8-6-4-2)15(11,13)14/h9-12H,3-8H2,1-2H3/t11-,12-/m1/s1. The number of rotatable bonds is 6. The van der Waals surface area contributed by atoms with Crippen molar-refractivity contribution >= 4 is 9.84 Å². The summed E-state index contributed by atoms with van der Waals surface area (Å²) in [6.07, 6.45) is 9.58. The van der Waals surface area contributed by atoms with E-state index in [0.717, 1.165) is 38.5 Å². The van der Waals surface area contributed by atoms with Crippen molar-refractivity contribution < 1.29 is 8.42 Å². The van der Waals surface area contributed by atoms with Gasteiger partial charge in [-0.1, -0.05) is 51.7 Å². The molecule has 1 aliphatic heterocycles. The highest BCUT2D eigenvalue weighted by molar-refractivity contribution is 7.93. The summed E-state index contributed by atoms with van der Waals surface area (Å²) >= 11 is 0. The molecule has 0 aromatic rings. The van der Waals surface area contributed by atoms with Gasteiger partial charge in [0.2, 0.25) is 0 Å². The first-order valence-electron chi connectivity index (χ1n) is 6.04. The molecule has 1 aliphatic rings. The van der Waals surface area contributed by atoms with Crippen molar-refractivity contribution in [3.8, 4) is 0 Å². The van der Waals surface area contributed by atoms with E-state index in [1.54, 1.807) is 0 Å². The van der Waals surface area contributed by atoms with Gasteiger partial charge in [0.25, 0.3) is 0 Å². The van der Waals surface area contributed by atoms with Gasteiger partial charge in [-0.2, -0.15) is 0 Å². The van der Waals surface area contributed by atoms with E-state index in [1.807, 2.05) is 12.2 Å². The van der Waals surface area contributed by atoms with Crippen LogP contribution in [0.15, 0.2) is 12.2 Å². The normalized spacial score (nSPS) is 28.4. The van der Waals surface area contributed by atoms with E-state index < -0.39 is 9.84 Å². The molecule has 0 aromatic carbocycles. The lowest BCUT2D eigenvalue weighted by Gasteiger charge is -2.13. The average molecular weight is 230 g/mol. The molecule has 0 fully saturated rings. The third-order valence-electron chi connectivity index (χ3n) is 3.07. The Morgan fingerprint density at radius 1 is 0.933 bits per heavy atom. The summed E-state index contributed by atoms with van der Waals surface area (Å²) in [4.78, 5) is 0. The Hall–Kier alpha value is -0.310. The maximum absolute atomic E-state index is 12.0. The van der Waals surface area contributed by atoms with Gasteiger partial charge in [-0.05, 0) is 12.8 Å². The Balaban J connectivity index is 2.56. The Morgan fingerprint density at radius 2 is 1.33 bits per heavy atom. The summed E-state index contributed by atoms with van der Waals surface area (Å²) in [5.41, 5.74) is 0. The minimum atomic E-state index is -2.88. The molecule has 0 saturated carbocycles. The van der Waals surface area contributed by atoms with Crippen LogP contribution in [0, 0.1) is 0 Å². The van der Waals surface area contributed by atoms with E-state index in [-0.39, 0.29) is 10.5 Å². The Bertz CT molecular complexity index is 280. The predicted octanol–water partition coefficient (Wildman–Crippen LogP) is 3.09. The van der Waals surface area contributed by atoms with Crippen LogP contribution in [0.5, 0.6) is 0 Å². The van der Waals surface area contributed by atoms with Crippen molar-refractivity contribution in [1.29, 1.82) is 0 Å². The van der Waals surface area contributed by atoms with Crippen molar-refractivity contribution in [2.75, 3.05) is 0 Å². The summed E-state index contributed by atoms with van der Waals surface area (Å²) in [7, 11) is -2.88. The van der Waals surface area contributed by atoms with E-state index >= 15 is 0 Å². The van der Waals surface area contributed by atoms with E-state index in [9.17, 15) is 8.42 Å². The quantitative estimate of drug-likeness (QED) is 0.657. The molecule has 88 valence electrons. The van der Waals surface area contributed by atoms with Crippen molar-refractivity contribution in [3.05, 3.63) is 12.2 Å².